The number of nitrogens with one attached hydrogen (secondary N) is 1. The van der Waals surface area contributed by atoms with Gasteiger partial charge in [-0.1, -0.05) is 0 Å². The van der Waals surface area contributed by atoms with Crippen LogP contribution in [0.1, 0.15) is 18.6 Å². The van der Waals surface area contributed by atoms with Crippen LogP contribution >= 0.6 is 0 Å². The Morgan fingerprint density at radius 3 is 2.76 bits per heavy atom. The quantitative estimate of drug-likeness (QED) is 0.865. The molecule has 25 heavy (non-hydrogen) atoms. The molecule has 2 N–H and O–H groups in total. The fourth-order valence-electron chi connectivity index (χ4n) is 3.19. The molecule has 1 atom stereocenters. The monoisotopic (exact) mass is 347 g/mol. The summed E-state index contributed by atoms with van der Waals surface area (Å²) < 4.78 is 10.3. The van der Waals surface area contributed by atoms with Crippen molar-refractivity contribution in [2.24, 2.45) is 0 Å². The van der Waals surface area contributed by atoms with Crippen LogP contribution < -0.4 is 4.74 Å². The van der Waals surface area contributed by atoms with Crippen LogP contribution in [0.15, 0.2) is 24.4 Å². The minimum atomic E-state index is -0.602. The summed E-state index contributed by atoms with van der Waals surface area (Å²) in [7, 11) is 1.63. The van der Waals surface area contributed by atoms with Crippen LogP contribution in [-0.4, -0.2) is 72.4 Å². The van der Waals surface area contributed by atoms with Gasteiger partial charge >= 0.3 is 6.09 Å². The van der Waals surface area contributed by atoms with Crippen LogP contribution in [-0.2, 0) is 4.74 Å². The smallest absolute Gasteiger partial charge is 0.409 e. The molecule has 1 aliphatic heterocycles. The third kappa shape index (κ3) is 3.88. The number of hydrogen-bond acceptors (Lipinski definition) is 5. The van der Waals surface area contributed by atoms with Crippen molar-refractivity contribution >= 4 is 17.0 Å². The molecule has 1 amide bonds. The number of aromatic nitrogens is 1. The van der Waals surface area contributed by atoms with E-state index >= 15 is 0 Å². The van der Waals surface area contributed by atoms with Crippen LogP contribution in [0.4, 0.5) is 4.79 Å². The Morgan fingerprint density at radius 2 is 2.08 bits per heavy atom. The lowest BCUT2D eigenvalue weighted by atomic mass is 10.1. The van der Waals surface area contributed by atoms with E-state index in [0.29, 0.717) is 26.2 Å². The first-order valence-corrected chi connectivity index (χ1v) is 8.59. The number of amides is 1. The molecule has 0 bridgehead atoms. The number of fused-ring (bicyclic) bond motifs is 1. The molecule has 0 aliphatic carbocycles. The number of benzene rings is 1. The zero-order valence-corrected chi connectivity index (χ0v) is 14.7. The van der Waals surface area contributed by atoms with Gasteiger partial charge in [0.1, 0.15) is 5.75 Å². The molecule has 7 nitrogen and oxygen atoms in total. The average Bonchev–Trinajstić information content (AvgIpc) is 3.05. The van der Waals surface area contributed by atoms with Crippen molar-refractivity contribution in [1.29, 1.82) is 0 Å². The highest BCUT2D eigenvalue weighted by Gasteiger charge is 2.24. The van der Waals surface area contributed by atoms with Gasteiger partial charge in [-0.3, -0.25) is 4.90 Å². The third-order valence-electron chi connectivity index (χ3n) is 4.61. The highest BCUT2D eigenvalue weighted by Crippen LogP contribution is 2.28. The molecule has 0 saturated carbocycles. The second kappa shape index (κ2) is 7.76. The summed E-state index contributed by atoms with van der Waals surface area (Å²) in [5.41, 5.74) is 1.84. The number of aromatic amines is 1. The number of carbonyl (C=O) groups is 1. The number of carbonyl (C=O) groups excluding carboxylic acids is 1. The van der Waals surface area contributed by atoms with E-state index in [2.05, 4.69) is 9.88 Å². The van der Waals surface area contributed by atoms with Crippen LogP contribution in [0.5, 0.6) is 5.75 Å². The first kappa shape index (κ1) is 17.6. The van der Waals surface area contributed by atoms with Gasteiger partial charge in [0.05, 0.1) is 19.8 Å². The van der Waals surface area contributed by atoms with Gasteiger partial charge in [0.25, 0.3) is 0 Å². The fraction of sp³-hybridized carbons (Fsp3) is 0.500. The van der Waals surface area contributed by atoms with Gasteiger partial charge in [-0.25, -0.2) is 4.79 Å². The molecular formula is C18H25N3O4. The molecule has 7 heteroatoms. The number of methoxy groups -OCH3 is 1. The van der Waals surface area contributed by atoms with Crippen LogP contribution in [0.3, 0.4) is 0 Å². The Hall–Kier alpha value is -2.25. The van der Waals surface area contributed by atoms with Crippen molar-refractivity contribution in [3.05, 3.63) is 30.0 Å². The zero-order chi connectivity index (χ0) is 17.8. The van der Waals surface area contributed by atoms with Crippen LogP contribution in [0.2, 0.25) is 0 Å². The first-order valence-electron chi connectivity index (χ1n) is 8.59. The second-order valence-corrected chi connectivity index (χ2v) is 6.16. The molecule has 3 rings (SSSR count). The number of piperazine rings is 1. The minimum Gasteiger partial charge on any atom is -0.497 e. The lowest BCUT2D eigenvalue weighted by Gasteiger charge is -2.34. The largest absolute Gasteiger partial charge is 0.497 e. The summed E-state index contributed by atoms with van der Waals surface area (Å²) in [6.45, 7) is 5.41. The number of nitrogens with zero attached hydrogens (tertiary/aromatic N) is 2. The Balaban J connectivity index is 1.62. The molecule has 2 aromatic rings. The van der Waals surface area contributed by atoms with E-state index in [0.717, 1.165) is 35.3 Å². The van der Waals surface area contributed by atoms with E-state index in [1.165, 1.54) is 0 Å². The van der Waals surface area contributed by atoms with Crippen molar-refractivity contribution in [1.82, 2.24) is 14.8 Å². The molecule has 1 saturated heterocycles. The molecule has 0 spiro atoms. The van der Waals surface area contributed by atoms with E-state index in [1.54, 1.807) is 18.9 Å². The maximum atomic E-state index is 11.7. The van der Waals surface area contributed by atoms with Crippen molar-refractivity contribution in [2.45, 2.75) is 13.0 Å². The Labute approximate surface area is 147 Å². The number of rotatable bonds is 5. The fourth-order valence-corrected chi connectivity index (χ4v) is 3.19. The Bertz CT molecular complexity index is 722. The van der Waals surface area contributed by atoms with Crippen LogP contribution in [0, 0.1) is 0 Å². The first-order chi connectivity index (χ1) is 12.1. The van der Waals surface area contributed by atoms with E-state index in [1.807, 2.05) is 24.4 Å². The standard InChI is InChI=1S/C18H25N3O4/c1-3-25-18(23)21-8-6-20(7-9-21)12-17(22)15-11-19-16-5-4-13(24-2)10-14(15)16/h4-5,10-11,17,19,22H,3,6-9,12H2,1-2H3/t17-/m1/s1. The summed E-state index contributed by atoms with van der Waals surface area (Å²) in [5.74, 6) is 0.767. The van der Waals surface area contributed by atoms with Crippen molar-refractivity contribution in [3.8, 4) is 5.75 Å². The topological polar surface area (TPSA) is 78.0 Å². The number of β-amino-alcohol motifs (C(OH)–C–C–N with tert-alkyl or cyclic N) is 1. The molecule has 2 heterocycles. The molecule has 1 fully saturated rings. The van der Waals surface area contributed by atoms with E-state index in [-0.39, 0.29) is 6.09 Å². The molecule has 1 aliphatic rings. The molecule has 0 radical (unpaired) electrons. The highest BCUT2D eigenvalue weighted by molar-refractivity contribution is 5.85. The molecule has 1 aromatic carbocycles. The summed E-state index contributed by atoms with van der Waals surface area (Å²) in [4.78, 5) is 18.8. The summed E-state index contributed by atoms with van der Waals surface area (Å²) in [5, 5.41) is 11.6. The second-order valence-electron chi connectivity index (χ2n) is 6.16. The number of aliphatic hydroxyl groups is 1. The van der Waals surface area contributed by atoms with Crippen LogP contribution in [0.25, 0.3) is 10.9 Å². The van der Waals surface area contributed by atoms with Gasteiger partial charge in [0.15, 0.2) is 0 Å². The maximum absolute atomic E-state index is 11.7. The zero-order valence-electron chi connectivity index (χ0n) is 14.7. The van der Waals surface area contributed by atoms with Gasteiger partial charge in [0, 0.05) is 55.4 Å². The number of H-pyrrole nitrogens is 1. The number of hydrogen-bond donors (Lipinski definition) is 2. The van der Waals surface area contributed by atoms with E-state index in [4.69, 9.17) is 9.47 Å². The Kier molecular flexibility index (Phi) is 5.45. The normalized spacial score (nSPS) is 16.8. The summed E-state index contributed by atoms with van der Waals surface area (Å²) in [6.07, 6.45) is 0.991. The minimum absolute atomic E-state index is 0.258. The van der Waals surface area contributed by atoms with Gasteiger partial charge in [-0.05, 0) is 25.1 Å². The van der Waals surface area contributed by atoms with E-state index in [9.17, 15) is 9.90 Å². The maximum Gasteiger partial charge on any atom is 0.409 e. The van der Waals surface area contributed by atoms with Crippen molar-refractivity contribution in [2.75, 3.05) is 46.4 Å². The van der Waals surface area contributed by atoms with E-state index < -0.39 is 6.10 Å². The lowest BCUT2D eigenvalue weighted by molar-refractivity contribution is 0.0582. The van der Waals surface area contributed by atoms with Gasteiger partial charge < -0.3 is 24.5 Å². The summed E-state index contributed by atoms with van der Waals surface area (Å²) in [6, 6.07) is 5.77. The summed E-state index contributed by atoms with van der Waals surface area (Å²) >= 11 is 0. The van der Waals surface area contributed by atoms with Crippen molar-refractivity contribution in [3.63, 3.8) is 0 Å². The molecular weight excluding hydrogens is 322 g/mol. The predicted molar refractivity (Wildman–Crippen MR) is 94.8 cm³/mol. The predicted octanol–water partition coefficient (Wildman–Crippen LogP) is 1.98. The number of ether oxygens (including phenoxy) is 2. The molecule has 136 valence electrons. The average molecular weight is 347 g/mol. The molecule has 1 aromatic heterocycles. The van der Waals surface area contributed by atoms with Gasteiger partial charge in [-0.2, -0.15) is 0 Å². The van der Waals surface area contributed by atoms with Gasteiger partial charge in [0.2, 0.25) is 0 Å². The Morgan fingerprint density at radius 1 is 1.32 bits per heavy atom. The van der Waals surface area contributed by atoms with Gasteiger partial charge in [-0.15, -0.1) is 0 Å². The highest BCUT2D eigenvalue weighted by atomic mass is 16.6. The number of aliphatic hydroxyl groups excluding tert-OH is 1. The van der Waals surface area contributed by atoms with Crippen molar-refractivity contribution < 1.29 is 19.4 Å². The lowest BCUT2D eigenvalue weighted by Crippen LogP contribution is -2.49. The third-order valence-corrected chi connectivity index (χ3v) is 4.61. The SMILES string of the molecule is CCOC(=O)N1CCN(C[C@@H](O)c2c[nH]c3ccc(OC)cc23)CC1. The molecule has 0 unspecified atom stereocenters.